The molecular formula is C17H16Cl2N2O3. The van der Waals surface area contributed by atoms with Crippen molar-refractivity contribution in [2.75, 3.05) is 25.5 Å². The fraction of sp³-hybridized carbons (Fsp3) is 0.176. The Balaban J connectivity index is 1.81. The zero-order valence-corrected chi connectivity index (χ0v) is 14.5. The second kappa shape index (κ2) is 8.57. The highest BCUT2D eigenvalue weighted by molar-refractivity contribution is 6.42. The third kappa shape index (κ3) is 5.44. The van der Waals surface area contributed by atoms with Crippen molar-refractivity contribution in [3.05, 3.63) is 58.6 Å². The molecule has 0 radical (unpaired) electrons. The third-order valence-corrected chi connectivity index (χ3v) is 3.85. The van der Waals surface area contributed by atoms with Gasteiger partial charge in [0.15, 0.2) is 6.61 Å². The van der Waals surface area contributed by atoms with Crippen molar-refractivity contribution in [1.82, 2.24) is 4.90 Å². The normalized spacial score (nSPS) is 10.1. The van der Waals surface area contributed by atoms with Crippen molar-refractivity contribution >= 4 is 40.7 Å². The maximum atomic E-state index is 12.0. The number of amides is 2. The van der Waals surface area contributed by atoms with Crippen molar-refractivity contribution in [3.8, 4) is 5.75 Å². The van der Waals surface area contributed by atoms with Gasteiger partial charge in [-0.05, 0) is 30.3 Å². The summed E-state index contributed by atoms with van der Waals surface area (Å²) in [5, 5.41) is 3.40. The Hall–Kier alpha value is -2.24. The first-order chi connectivity index (χ1) is 11.5. The Morgan fingerprint density at radius 2 is 1.79 bits per heavy atom. The van der Waals surface area contributed by atoms with Gasteiger partial charge in [-0.3, -0.25) is 9.59 Å². The minimum Gasteiger partial charge on any atom is -0.484 e. The molecule has 0 atom stereocenters. The fourth-order valence-corrected chi connectivity index (χ4v) is 2.15. The van der Waals surface area contributed by atoms with Crippen LogP contribution in [0.25, 0.3) is 0 Å². The van der Waals surface area contributed by atoms with Crippen LogP contribution < -0.4 is 10.1 Å². The Kier molecular flexibility index (Phi) is 6.46. The molecule has 24 heavy (non-hydrogen) atoms. The Labute approximate surface area is 150 Å². The average molecular weight is 367 g/mol. The van der Waals surface area contributed by atoms with E-state index in [0.29, 0.717) is 21.5 Å². The highest BCUT2D eigenvalue weighted by atomic mass is 35.5. The summed E-state index contributed by atoms with van der Waals surface area (Å²) < 4.78 is 5.36. The van der Waals surface area contributed by atoms with Crippen molar-refractivity contribution < 1.29 is 14.3 Å². The van der Waals surface area contributed by atoms with Crippen molar-refractivity contribution in [1.29, 1.82) is 0 Å². The highest BCUT2D eigenvalue weighted by Gasteiger charge is 2.14. The first-order valence-electron chi connectivity index (χ1n) is 7.12. The maximum absolute atomic E-state index is 12.0. The molecule has 0 aliphatic heterocycles. The molecule has 0 aliphatic rings. The van der Waals surface area contributed by atoms with Crippen LogP contribution in [0.1, 0.15) is 0 Å². The zero-order chi connectivity index (χ0) is 17.5. The molecule has 0 saturated heterocycles. The molecule has 126 valence electrons. The van der Waals surface area contributed by atoms with E-state index >= 15 is 0 Å². The second-order valence-corrected chi connectivity index (χ2v) is 5.84. The quantitative estimate of drug-likeness (QED) is 0.851. The second-order valence-electron chi connectivity index (χ2n) is 5.03. The molecule has 2 aromatic rings. The van der Waals surface area contributed by atoms with Gasteiger partial charge >= 0.3 is 0 Å². The summed E-state index contributed by atoms with van der Waals surface area (Å²) >= 11 is 11.7. The minimum atomic E-state index is -0.344. The minimum absolute atomic E-state index is 0.1000. The van der Waals surface area contributed by atoms with Gasteiger partial charge in [-0.2, -0.15) is 0 Å². The fourth-order valence-electron chi connectivity index (χ4n) is 1.85. The molecule has 5 nitrogen and oxygen atoms in total. The lowest BCUT2D eigenvalue weighted by Crippen LogP contribution is -2.37. The summed E-state index contributed by atoms with van der Waals surface area (Å²) in [6.07, 6.45) is 0. The van der Waals surface area contributed by atoms with Crippen LogP contribution in [0.3, 0.4) is 0 Å². The van der Waals surface area contributed by atoms with Crippen LogP contribution >= 0.6 is 23.2 Å². The predicted molar refractivity (Wildman–Crippen MR) is 94.7 cm³/mol. The number of hydrogen-bond donors (Lipinski definition) is 1. The van der Waals surface area contributed by atoms with E-state index in [1.165, 1.54) is 11.9 Å². The number of ether oxygens (including phenoxy) is 1. The molecule has 2 amide bonds. The molecule has 0 bridgehead atoms. The van der Waals surface area contributed by atoms with Gasteiger partial charge < -0.3 is 15.0 Å². The van der Waals surface area contributed by atoms with Gasteiger partial charge in [0, 0.05) is 12.7 Å². The molecule has 0 fully saturated rings. The highest BCUT2D eigenvalue weighted by Crippen LogP contribution is 2.24. The number of nitrogens with one attached hydrogen (secondary N) is 1. The van der Waals surface area contributed by atoms with Crippen LogP contribution in [-0.2, 0) is 9.59 Å². The van der Waals surface area contributed by atoms with Crippen LogP contribution in [0.4, 0.5) is 5.69 Å². The van der Waals surface area contributed by atoms with Crippen LogP contribution in [-0.4, -0.2) is 36.9 Å². The molecule has 2 rings (SSSR count). The van der Waals surface area contributed by atoms with Gasteiger partial charge in [-0.25, -0.2) is 0 Å². The number of rotatable bonds is 6. The topological polar surface area (TPSA) is 58.6 Å². The van der Waals surface area contributed by atoms with E-state index in [4.69, 9.17) is 27.9 Å². The van der Waals surface area contributed by atoms with Crippen molar-refractivity contribution in [2.24, 2.45) is 0 Å². The maximum Gasteiger partial charge on any atom is 0.260 e. The molecule has 0 unspecified atom stereocenters. The number of benzene rings is 2. The lowest BCUT2D eigenvalue weighted by Gasteiger charge is -2.17. The third-order valence-electron chi connectivity index (χ3n) is 3.12. The Bertz CT molecular complexity index is 723. The molecule has 1 N–H and O–H groups in total. The lowest BCUT2D eigenvalue weighted by atomic mass is 10.3. The van der Waals surface area contributed by atoms with Gasteiger partial charge in [0.2, 0.25) is 5.91 Å². The van der Waals surface area contributed by atoms with E-state index in [9.17, 15) is 9.59 Å². The SMILES string of the molecule is CN(CC(=O)Nc1ccc(Cl)c(Cl)c1)C(=O)COc1ccccc1. The summed E-state index contributed by atoms with van der Waals surface area (Å²) in [4.78, 5) is 25.2. The first kappa shape index (κ1) is 18.1. The predicted octanol–water partition coefficient (Wildman–Crippen LogP) is 3.47. The van der Waals surface area contributed by atoms with E-state index in [-0.39, 0.29) is 25.0 Å². The van der Waals surface area contributed by atoms with E-state index in [2.05, 4.69) is 5.32 Å². The molecule has 0 aliphatic carbocycles. The monoisotopic (exact) mass is 366 g/mol. The number of carbonyl (C=O) groups excluding carboxylic acids is 2. The van der Waals surface area contributed by atoms with Crippen LogP contribution in [0.2, 0.25) is 10.0 Å². The molecule has 2 aromatic carbocycles. The van der Waals surface area contributed by atoms with Crippen LogP contribution in [0.5, 0.6) is 5.75 Å². The Morgan fingerprint density at radius 1 is 1.08 bits per heavy atom. The Morgan fingerprint density at radius 3 is 2.46 bits per heavy atom. The zero-order valence-electron chi connectivity index (χ0n) is 13.0. The van der Waals surface area contributed by atoms with E-state index in [1.54, 1.807) is 30.3 Å². The standard InChI is InChI=1S/C17H16Cl2N2O3/c1-21(17(23)11-24-13-5-3-2-4-6-13)10-16(22)20-12-7-8-14(18)15(19)9-12/h2-9H,10-11H2,1H3,(H,20,22). The number of carbonyl (C=O) groups is 2. The number of para-hydroxylation sites is 1. The molecule has 0 aromatic heterocycles. The summed E-state index contributed by atoms with van der Waals surface area (Å²) in [6, 6.07) is 13.8. The van der Waals surface area contributed by atoms with Gasteiger partial charge in [-0.1, -0.05) is 41.4 Å². The van der Waals surface area contributed by atoms with E-state index in [0.717, 1.165) is 0 Å². The lowest BCUT2D eigenvalue weighted by molar-refractivity contribution is -0.135. The summed E-state index contributed by atoms with van der Waals surface area (Å²) in [5.41, 5.74) is 0.510. The van der Waals surface area contributed by atoms with Crippen LogP contribution in [0, 0.1) is 0 Å². The summed E-state index contributed by atoms with van der Waals surface area (Å²) in [5.74, 6) is -0.0494. The molecule has 0 saturated carbocycles. The van der Waals surface area contributed by atoms with Gasteiger partial charge in [0.05, 0.1) is 16.6 Å². The van der Waals surface area contributed by atoms with Crippen molar-refractivity contribution in [3.63, 3.8) is 0 Å². The number of anilines is 1. The molecule has 7 heteroatoms. The van der Waals surface area contributed by atoms with Crippen molar-refractivity contribution in [2.45, 2.75) is 0 Å². The smallest absolute Gasteiger partial charge is 0.260 e. The number of hydrogen-bond acceptors (Lipinski definition) is 3. The van der Waals surface area contributed by atoms with E-state index in [1.807, 2.05) is 18.2 Å². The average Bonchev–Trinajstić information content (AvgIpc) is 2.56. The summed E-state index contributed by atoms with van der Waals surface area (Å²) in [7, 11) is 1.53. The molecule has 0 spiro atoms. The molecule has 0 heterocycles. The number of halogens is 2. The van der Waals surface area contributed by atoms with Gasteiger partial charge in [0.1, 0.15) is 5.75 Å². The van der Waals surface area contributed by atoms with Gasteiger partial charge in [-0.15, -0.1) is 0 Å². The van der Waals surface area contributed by atoms with Crippen LogP contribution in [0.15, 0.2) is 48.5 Å². The first-order valence-corrected chi connectivity index (χ1v) is 7.88. The van der Waals surface area contributed by atoms with E-state index < -0.39 is 0 Å². The number of nitrogens with zero attached hydrogens (tertiary/aromatic N) is 1. The van der Waals surface area contributed by atoms with Gasteiger partial charge in [0.25, 0.3) is 5.91 Å². The largest absolute Gasteiger partial charge is 0.484 e. The number of likely N-dealkylation sites (N-methyl/N-ethyl adjacent to an activating group) is 1. The summed E-state index contributed by atoms with van der Waals surface area (Å²) in [6.45, 7) is -0.238. The molecular weight excluding hydrogens is 351 g/mol.